The highest BCUT2D eigenvalue weighted by Gasteiger charge is 2.16. The van der Waals surface area contributed by atoms with Crippen LogP contribution < -0.4 is 5.73 Å². The molecule has 0 aliphatic carbocycles. The van der Waals surface area contributed by atoms with Crippen LogP contribution in [0.4, 0.5) is 0 Å². The Morgan fingerprint density at radius 3 is 2.28 bits per heavy atom. The molecule has 0 spiro atoms. The Morgan fingerprint density at radius 2 is 1.72 bits per heavy atom. The summed E-state index contributed by atoms with van der Waals surface area (Å²) in [5.74, 6) is -0.281. The van der Waals surface area contributed by atoms with E-state index in [0.29, 0.717) is 5.75 Å². The molecule has 1 heterocycles. The van der Waals surface area contributed by atoms with Crippen LogP contribution in [0.3, 0.4) is 0 Å². The van der Waals surface area contributed by atoms with Crippen molar-refractivity contribution in [2.24, 2.45) is 5.73 Å². The number of amides is 1. The van der Waals surface area contributed by atoms with Gasteiger partial charge in [0.25, 0.3) is 0 Å². The van der Waals surface area contributed by atoms with E-state index in [2.05, 4.69) is 0 Å². The summed E-state index contributed by atoms with van der Waals surface area (Å²) in [6, 6.07) is -0.880. The summed E-state index contributed by atoms with van der Waals surface area (Å²) in [5, 5.41) is 8.63. The Kier molecular flexibility index (Phi) is 7.12. The molecule has 0 unspecified atom stereocenters. The minimum absolute atomic E-state index is 0.111. The van der Waals surface area contributed by atoms with Gasteiger partial charge in [-0.3, -0.25) is 9.59 Å². The molecule has 0 radical (unpaired) electrons. The van der Waals surface area contributed by atoms with Gasteiger partial charge in [-0.15, -0.1) is 11.8 Å². The average Bonchev–Trinajstić information content (AvgIpc) is 2.27. The van der Waals surface area contributed by atoms with Crippen molar-refractivity contribution >= 4 is 23.6 Å². The molecule has 1 saturated heterocycles. The van der Waals surface area contributed by atoms with Crippen LogP contribution in [0.1, 0.15) is 32.1 Å². The summed E-state index contributed by atoms with van der Waals surface area (Å²) >= 11 is 1.31. The summed E-state index contributed by atoms with van der Waals surface area (Å²) in [7, 11) is 0. The van der Waals surface area contributed by atoms with Gasteiger partial charge in [0.2, 0.25) is 5.91 Å². The van der Waals surface area contributed by atoms with Gasteiger partial charge < -0.3 is 15.7 Å². The van der Waals surface area contributed by atoms with E-state index >= 15 is 0 Å². The van der Waals surface area contributed by atoms with Crippen molar-refractivity contribution in [3.05, 3.63) is 0 Å². The second kappa shape index (κ2) is 8.37. The zero-order valence-electron chi connectivity index (χ0n) is 10.6. The molecule has 0 aromatic rings. The fraction of sp³-hybridized carbons (Fsp3) is 0.833. The summed E-state index contributed by atoms with van der Waals surface area (Å²) in [5.41, 5.74) is 5.38. The van der Waals surface area contributed by atoms with E-state index in [1.54, 1.807) is 0 Å². The number of hydrogen-bond acceptors (Lipinski definition) is 4. The van der Waals surface area contributed by atoms with Crippen LogP contribution in [0.15, 0.2) is 0 Å². The third-order valence-corrected chi connectivity index (χ3v) is 4.09. The first kappa shape index (κ1) is 15.3. The predicted molar refractivity (Wildman–Crippen MR) is 72.6 cm³/mol. The number of carbonyl (C=O) groups excluding carboxylic acids is 1. The van der Waals surface area contributed by atoms with Crippen molar-refractivity contribution in [3.8, 4) is 0 Å². The molecule has 0 saturated carbocycles. The van der Waals surface area contributed by atoms with Crippen LogP contribution in [-0.2, 0) is 9.59 Å². The number of nitrogens with zero attached hydrogens (tertiary/aromatic N) is 1. The highest BCUT2D eigenvalue weighted by molar-refractivity contribution is 8.00. The second-order valence-electron chi connectivity index (χ2n) is 4.61. The molecule has 18 heavy (non-hydrogen) atoms. The highest BCUT2D eigenvalue weighted by Crippen LogP contribution is 2.12. The van der Waals surface area contributed by atoms with E-state index in [9.17, 15) is 9.59 Å². The Balaban J connectivity index is 2.23. The minimum atomic E-state index is -1.01. The first-order valence-corrected chi connectivity index (χ1v) is 7.60. The molecule has 1 amide bonds. The number of carboxylic acid groups (broad SMARTS) is 1. The average molecular weight is 274 g/mol. The standard InChI is InChI=1S/C12H22N2O3S/c13-10(12(16)17)8-18-9-11(15)14-6-4-2-1-3-5-7-14/h10H,1-9,13H2,(H,16,17)/t10-/m0/s1. The molecule has 1 fully saturated rings. The molecule has 0 aromatic heterocycles. The van der Waals surface area contributed by atoms with Crippen molar-refractivity contribution < 1.29 is 14.7 Å². The monoisotopic (exact) mass is 274 g/mol. The smallest absolute Gasteiger partial charge is 0.321 e. The van der Waals surface area contributed by atoms with E-state index in [-0.39, 0.29) is 11.7 Å². The van der Waals surface area contributed by atoms with Gasteiger partial charge in [0.05, 0.1) is 5.75 Å². The van der Waals surface area contributed by atoms with Gasteiger partial charge in [-0.05, 0) is 12.8 Å². The maximum atomic E-state index is 11.9. The number of aliphatic carboxylic acids is 1. The Labute approximate surface area is 112 Å². The van der Waals surface area contributed by atoms with Crippen LogP contribution in [0, 0.1) is 0 Å². The quantitative estimate of drug-likeness (QED) is 0.779. The van der Waals surface area contributed by atoms with Crippen LogP contribution in [0.2, 0.25) is 0 Å². The molecule has 5 nitrogen and oxygen atoms in total. The maximum absolute atomic E-state index is 11.9. The number of thioether (sulfide) groups is 1. The lowest BCUT2D eigenvalue weighted by atomic mass is 10.1. The van der Waals surface area contributed by atoms with Gasteiger partial charge in [0, 0.05) is 18.8 Å². The molecule has 0 aromatic carbocycles. The Hall–Kier alpha value is -0.750. The van der Waals surface area contributed by atoms with Crippen LogP contribution in [0.5, 0.6) is 0 Å². The number of hydrogen-bond donors (Lipinski definition) is 2. The maximum Gasteiger partial charge on any atom is 0.321 e. The highest BCUT2D eigenvalue weighted by atomic mass is 32.2. The predicted octanol–water partition coefficient (Wildman–Crippen LogP) is 0.924. The lowest BCUT2D eigenvalue weighted by Gasteiger charge is -2.24. The molecule has 1 atom stereocenters. The SMILES string of the molecule is N[C@@H](CSCC(=O)N1CCCCCCC1)C(=O)O. The summed E-state index contributed by atoms with van der Waals surface area (Å²) in [6.45, 7) is 1.68. The van der Waals surface area contributed by atoms with Crippen molar-refractivity contribution in [1.29, 1.82) is 0 Å². The largest absolute Gasteiger partial charge is 0.480 e. The molecule has 6 heteroatoms. The fourth-order valence-electron chi connectivity index (χ4n) is 1.93. The molecular weight excluding hydrogens is 252 g/mol. The topological polar surface area (TPSA) is 83.6 Å². The van der Waals surface area contributed by atoms with Crippen LogP contribution in [0.25, 0.3) is 0 Å². The van der Waals surface area contributed by atoms with Crippen molar-refractivity contribution in [3.63, 3.8) is 0 Å². The lowest BCUT2D eigenvalue weighted by Crippen LogP contribution is -2.36. The molecule has 1 aliphatic heterocycles. The van der Waals surface area contributed by atoms with Crippen LogP contribution >= 0.6 is 11.8 Å². The Morgan fingerprint density at radius 1 is 1.17 bits per heavy atom. The van der Waals surface area contributed by atoms with Crippen molar-refractivity contribution in [2.45, 2.75) is 38.1 Å². The molecule has 104 valence electrons. The van der Waals surface area contributed by atoms with E-state index in [0.717, 1.165) is 25.9 Å². The van der Waals surface area contributed by atoms with Crippen molar-refractivity contribution in [2.75, 3.05) is 24.6 Å². The number of rotatable bonds is 5. The second-order valence-corrected chi connectivity index (χ2v) is 5.64. The van der Waals surface area contributed by atoms with Crippen molar-refractivity contribution in [1.82, 2.24) is 4.90 Å². The van der Waals surface area contributed by atoms with Gasteiger partial charge in [0.1, 0.15) is 6.04 Å². The molecule has 1 rings (SSSR count). The van der Waals surface area contributed by atoms with E-state index in [1.807, 2.05) is 4.90 Å². The first-order chi connectivity index (χ1) is 8.61. The van der Waals surface area contributed by atoms with E-state index < -0.39 is 12.0 Å². The third kappa shape index (κ3) is 5.73. The van der Waals surface area contributed by atoms with Gasteiger partial charge in [-0.2, -0.15) is 0 Å². The normalized spacial score (nSPS) is 18.8. The fourth-order valence-corrected chi connectivity index (χ4v) is 2.80. The summed E-state index contributed by atoms with van der Waals surface area (Å²) < 4.78 is 0. The van der Waals surface area contributed by atoms with E-state index in [4.69, 9.17) is 10.8 Å². The molecular formula is C12H22N2O3S. The minimum Gasteiger partial charge on any atom is -0.480 e. The molecule has 1 aliphatic rings. The number of carboxylic acids is 1. The third-order valence-electron chi connectivity index (χ3n) is 3.05. The summed E-state index contributed by atoms with van der Waals surface area (Å²) in [4.78, 5) is 24.4. The van der Waals surface area contributed by atoms with E-state index in [1.165, 1.54) is 31.0 Å². The molecule has 3 N–H and O–H groups in total. The number of likely N-dealkylation sites (tertiary alicyclic amines) is 1. The summed E-state index contributed by atoms with van der Waals surface area (Å²) in [6.07, 6.45) is 5.81. The number of nitrogens with two attached hydrogens (primary N) is 1. The van der Waals surface area contributed by atoms with Gasteiger partial charge in [-0.1, -0.05) is 19.3 Å². The zero-order chi connectivity index (χ0) is 13.4. The zero-order valence-corrected chi connectivity index (χ0v) is 11.5. The lowest BCUT2D eigenvalue weighted by molar-refractivity contribution is -0.138. The van der Waals surface area contributed by atoms with Gasteiger partial charge >= 0.3 is 5.97 Å². The Bertz CT molecular complexity index is 278. The van der Waals surface area contributed by atoms with Gasteiger partial charge in [-0.25, -0.2) is 0 Å². The molecule has 0 bridgehead atoms. The number of carbonyl (C=O) groups is 2. The van der Waals surface area contributed by atoms with Crippen LogP contribution in [-0.4, -0.2) is 52.5 Å². The van der Waals surface area contributed by atoms with Gasteiger partial charge in [0.15, 0.2) is 0 Å². The first-order valence-electron chi connectivity index (χ1n) is 6.45.